The molecule has 18 nitrogen and oxygen atoms in total. The van der Waals surface area contributed by atoms with Crippen LogP contribution in [0.1, 0.15) is 74.7 Å². The third-order valence-corrected chi connectivity index (χ3v) is 12.6. The van der Waals surface area contributed by atoms with Crippen LogP contribution in [0.25, 0.3) is 11.3 Å². The van der Waals surface area contributed by atoms with E-state index in [0.717, 1.165) is 12.4 Å². The molecule has 6 aromatic heterocycles. The predicted octanol–water partition coefficient (Wildman–Crippen LogP) is 2.70. The van der Waals surface area contributed by atoms with Crippen LogP contribution < -0.4 is 29.9 Å². The fraction of sp³-hybridized carbons (Fsp3) is 0.400. The molecule has 6 aliphatic rings. The Morgan fingerprint density at radius 3 is 2.08 bits per heavy atom. The molecule has 0 radical (unpaired) electrons. The minimum atomic E-state index is -1.07. The van der Waals surface area contributed by atoms with Crippen molar-refractivity contribution in [3.05, 3.63) is 94.8 Å². The van der Waals surface area contributed by atoms with E-state index in [-0.39, 0.29) is 55.2 Å². The molecule has 60 heavy (non-hydrogen) atoms. The van der Waals surface area contributed by atoms with Crippen molar-refractivity contribution in [1.82, 2.24) is 49.8 Å². The van der Waals surface area contributed by atoms with Crippen molar-refractivity contribution in [3.8, 4) is 11.8 Å². The van der Waals surface area contributed by atoms with E-state index < -0.39 is 46.6 Å². The van der Waals surface area contributed by atoms with Crippen LogP contribution in [0.5, 0.6) is 11.8 Å². The summed E-state index contributed by atoms with van der Waals surface area (Å²) < 4.78 is 58.0. The van der Waals surface area contributed by atoms with Gasteiger partial charge in [-0.25, -0.2) is 37.7 Å². The molecule has 2 amide bonds. The number of nitrogens with zero attached hydrogens (tertiary/aromatic N) is 10. The van der Waals surface area contributed by atoms with Crippen LogP contribution in [0.3, 0.4) is 0 Å². The largest absolute Gasteiger partial charge is 0.475 e. The number of rotatable bonds is 1. The maximum absolute atomic E-state index is 15.1. The van der Waals surface area contributed by atoms with Crippen molar-refractivity contribution >= 4 is 34.7 Å². The fourth-order valence-corrected chi connectivity index (χ4v) is 9.09. The Balaban J connectivity index is 1.01. The second kappa shape index (κ2) is 13.0. The average molecular weight is 819 g/mol. The first-order chi connectivity index (χ1) is 29.2. The molecule has 6 aromatic rings. The van der Waals surface area contributed by atoms with Gasteiger partial charge in [0.25, 0.3) is 11.8 Å². The van der Waals surface area contributed by atoms with Gasteiger partial charge >= 0.3 is 0 Å². The Morgan fingerprint density at radius 2 is 1.37 bits per heavy atom. The molecule has 306 valence electrons. The molecule has 4 fully saturated rings. The number of hydrogen-bond donors (Lipinski definition) is 2. The molecular formula is C40H36F2N12O6. The van der Waals surface area contributed by atoms with Gasteiger partial charge in [0.05, 0.1) is 74.4 Å². The van der Waals surface area contributed by atoms with E-state index in [4.69, 9.17) is 28.9 Å². The third-order valence-electron chi connectivity index (χ3n) is 12.6. The molecular weight excluding hydrogens is 783 g/mol. The Labute approximate surface area is 338 Å². The van der Waals surface area contributed by atoms with Gasteiger partial charge in [-0.15, -0.1) is 0 Å². The van der Waals surface area contributed by atoms with Crippen molar-refractivity contribution in [2.45, 2.75) is 48.3 Å². The number of morpholine rings is 2. The first kappa shape index (κ1) is 35.4. The number of anilines is 2. The van der Waals surface area contributed by atoms with E-state index >= 15 is 8.78 Å². The lowest BCUT2D eigenvalue weighted by Crippen LogP contribution is -2.44. The standard InChI is InChI=1S/C40H36F2N12O6/c41-21-9-23-29-17-57-7-5-51(29)31-1-4-53-33(47-31)25(14-45-53)36(56)50-40(20-60-38(23)44-13-21)11-28(40)27-16-54-34-26(15-46-54)35(55)49-39(2-3-39)19-59-37-24(10-22(42)12-43-37)30-18-58-8-6-52(30)32(27)48-34/h1,4,9-10,12-16,28-30H,2-3,5-8,11,17-20H2,(H,49,55)(H,50,56)/t28?,29-,30+,40?/m0/s1. The summed E-state index contributed by atoms with van der Waals surface area (Å²) in [7, 11) is 0. The highest BCUT2D eigenvalue weighted by Crippen LogP contribution is 2.55. The van der Waals surface area contributed by atoms with Crippen molar-refractivity contribution in [2.24, 2.45) is 0 Å². The molecule has 10 heterocycles. The molecule has 2 unspecified atom stereocenters. The number of nitrogens with one attached hydrogen (secondary N) is 2. The minimum Gasteiger partial charge on any atom is -0.475 e. The number of fused-ring (bicyclic) bond motifs is 10. The second-order valence-electron chi connectivity index (χ2n) is 16.3. The molecule has 4 bridgehead atoms. The van der Waals surface area contributed by atoms with E-state index in [9.17, 15) is 9.59 Å². The Morgan fingerprint density at radius 1 is 0.733 bits per heavy atom. The number of hydrogen-bond acceptors (Lipinski definition) is 14. The summed E-state index contributed by atoms with van der Waals surface area (Å²) in [5.41, 5.74) is 1.12. The number of amides is 2. The Kier molecular flexibility index (Phi) is 7.66. The first-order valence-corrected chi connectivity index (χ1v) is 19.9. The highest BCUT2D eigenvalue weighted by Gasteiger charge is 2.59. The number of aromatic nitrogens is 8. The van der Waals surface area contributed by atoms with Gasteiger partial charge in [-0.05, 0) is 37.5 Å². The zero-order valence-electron chi connectivity index (χ0n) is 31.9. The van der Waals surface area contributed by atoms with Crippen LogP contribution in [0.15, 0.2) is 55.4 Å². The number of ether oxygens (including phenoxy) is 4. The van der Waals surface area contributed by atoms with Gasteiger partial charge in [0, 0.05) is 48.1 Å². The molecule has 2 saturated carbocycles. The second-order valence-corrected chi connectivity index (χ2v) is 16.3. The molecule has 2 aliphatic carbocycles. The summed E-state index contributed by atoms with van der Waals surface area (Å²) in [5.74, 6) is -0.845. The van der Waals surface area contributed by atoms with Gasteiger partial charge in [-0.1, -0.05) is 0 Å². The van der Waals surface area contributed by atoms with Crippen LogP contribution in [-0.2, 0) is 9.47 Å². The van der Waals surface area contributed by atoms with Crippen molar-refractivity contribution in [2.75, 3.05) is 62.5 Å². The normalized spacial score (nSPS) is 25.5. The van der Waals surface area contributed by atoms with Gasteiger partial charge in [-0.3, -0.25) is 9.59 Å². The lowest BCUT2D eigenvalue weighted by molar-refractivity contribution is 0.0894. The average Bonchev–Trinajstić information content (AvgIpc) is 4.07. The summed E-state index contributed by atoms with van der Waals surface area (Å²) in [6, 6.07) is 3.49. The lowest BCUT2D eigenvalue weighted by Gasteiger charge is -2.38. The molecule has 4 atom stereocenters. The Bertz CT molecular complexity index is 2780. The molecule has 2 saturated heterocycles. The molecule has 4 aliphatic heterocycles. The van der Waals surface area contributed by atoms with Crippen molar-refractivity contribution < 1.29 is 37.3 Å². The minimum absolute atomic E-state index is 0.0667. The number of carbonyl (C=O) groups excluding carboxylic acids is 2. The predicted molar refractivity (Wildman–Crippen MR) is 204 cm³/mol. The van der Waals surface area contributed by atoms with Crippen LogP contribution >= 0.6 is 0 Å². The van der Waals surface area contributed by atoms with E-state index in [0.29, 0.717) is 85.2 Å². The Hall–Kier alpha value is -6.54. The number of carbonyl (C=O) groups is 2. The van der Waals surface area contributed by atoms with E-state index in [1.165, 1.54) is 29.0 Å². The first-order valence-electron chi connectivity index (χ1n) is 19.9. The third kappa shape index (κ3) is 5.64. The smallest absolute Gasteiger partial charge is 0.257 e. The van der Waals surface area contributed by atoms with Gasteiger partial charge in [0.1, 0.15) is 47.6 Å². The maximum Gasteiger partial charge on any atom is 0.257 e. The van der Waals surface area contributed by atoms with E-state index in [1.807, 2.05) is 16.0 Å². The van der Waals surface area contributed by atoms with Crippen molar-refractivity contribution in [3.63, 3.8) is 0 Å². The molecule has 2 spiro atoms. The summed E-state index contributed by atoms with van der Waals surface area (Å²) in [6.07, 6.45) is 10.5. The molecule has 20 heteroatoms. The van der Waals surface area contributed by atoms with Crippen LogP contribution in [0, 0.1) is 11.6 Å². The van der Waals surface area contributed by atoms with Gasteiger partial charge in [0.15, 0.2) is 11.3 Å². The number of halogens is 2. The summed E-state index contributed by atoms with van der Waals surface area (Å²) in [5, 5.41) is 15.4. The van der Waals surface area contributed by atoms with Crippen LogP contribution in [0.4, 0.5) is 20.4 Å². The maximum atomic E-state index is 15.1. The van der Waals surface area contributed by atoms with Crippen LogP contribution in [-0.4, -0.2) is 115 Å². The van der Waals surface area contributed by atoms with E-state index in [1.54, 1.807) is 16.8 Å². The van der Waals surface area contributed by atoms with Crippen LogP contribution in [0.2, 0.25) is 0 Å². The quantitative estimate of drug-likeness (QED) is 0.247. The summed E-state index contributed by atoms with van der Waals surface area (Å²) in [6.45, 7) is 2.00. The summed E-state index contributed by atoms with van der Waals surface area (Å²) in [4.78, 5) is 51.3. The van der Waals surface area contributed by atoms with E-state index in [2.05, 4.69) is 30.8 Å². The van der Waals surface area contributed by atoms with Crippen molar-refractivity contribution in [1.29, 1.82) is 0 Å². The lowest BCUT2D eigenvalue weighted by atomic mass is 10.0. The van der Waals surface area contributed by atoms with Gasteiger partial charge in [-0.2, -0.15) is 10.2 Å². The van der Waals surface area contributed by atoms with Gasteiger partial charge in [0.2, 0.25) is 11.8 Å². The fourth-order valence-electron chi connectivity index (χ4n) is 9.09. The zero-order chi connectivity index (χ0) is 40.3. The highest BCUT2D eigenvalue weighted by atomic mass is 19.1. The summed E-state index contributed by atoms with van der Waals surface area (Å²) >= 11 is 0. The molecule has 2 N–H and O–H groups in total. The zero-order valence-corrected chi connectivity index (χ0v) is 31.9. The highest BCUT2D eigenvalue weighted by molar-refractivity contribution is 6.01. The van der Waals surface area contributed by atoms with Gasteiger partial charge < -0.3 is 39.4 Å². The monoisotopic (exact) mass is 818 g/mol. The topological polar surface area (TPSA) is 188 Å². The SMILES string of the molecule is O=C1NC2(CC2)COc2ncc(F)cc2[C@H]2COCCN2c2nc3c1cnn3cc2C1CC12COc1ncc(F)cc1[C@@H]1COCCN1c1ccn3ncc(c3n1)C(=O)N2. The molecule has 0 aromatic carbocycles. The number of pyridine rings is 2. The molecule has 12 rings (SSSR count).